The number of hydrogen-bond donors (Lipinski definition) is 1. The highest BCUT2D eigenvalue weighted by Crippen LogP contribution is 2.35. The van der Waals surface area contributed by atoms with Crippen molar-refractivity contribution in [2.45, 2.75) is 78.8 Å². The second kappa shape index (κ2) is 7.98. The smallest absolute Gasteiger partial charge is 0.204 e. The van der Waals surface area contributed by atoms with Crippen LogP contribution in [0.5, 0.6) is 0 Å². The molecule has 1 aliphatic carbocycles. The average Bonchev–Trinajstić information content (AvgIpc) is 3.00. The standard InChI is InChI=1S/C25H33N3/c1-5-14-28-22-13-9-12-21(23-18(3)15-17(2)16-19(23)4)24(22)27-25(28)26-20-10-7-6-8-11-20/h9,12-13,15-16,20H,5-8,10-11,14H2,1-4H3,(H,26,27). The van der Waals surface area contributed by atoms with Crippen LogP contribution in [-0.2, 0) is 6.54 Å². The Morgan fingerprint density at radius 1 is 1.04 bits per heavy atom. The van der Waals surface area contributed by atoms with E-state index >= 15 is 0 Å². The van der Waals surface area contributed by atoms with Crippen molar-refractivity contribution in [1.82, 2.24) is 9.55 Å². The van der Waals surface area contributed by atoms with Gasteiger partial charge in [-0.2, -0.15) is 0 Å². The number of hydrogen-bond acceptors (Lipinski definition) is 2. The summed E-state index contributed by atoms with van der Waals surface area (Å²) in [7, 11) is 0. The van der Waals surface area contributed by atoms with Gasteiger partial charge in [-0.25, -0.2) is 4.98 Å². The number of anilines is 1. The van der Waals surface area contributed by atoms with Crippen LogP contribution in [0.1, 0.15) is 62.1 Å². The third-order valence-electron chi connectivity index (χ3n) is 6.11. The van der Waals surface area contributed by atoms with Crippen molar-refractivity contribution >= 4 is 17.0 Å². The topological polar surface area (TPSA) is 29.9 Å². The molecule has 28 heavy (non-hydrogen) atoms. The summed E-state index contributed by atoms with van der Waals surface area (Å²) in [5.41, 5.74) is 8.95. The highest BCUT2D eigenvalue weighted by atomic mass is 15.2. The molecule has 1 saturated carbocycles. The number of para-hydroxylation sites is 1. The lowest BCUT2D eigenvalue weighted by atomic mass is 9.93. The maximum atomic E-state index is 5.16. The minimum Gasteiger partial charge on any atom is -0.353 e. The van der Waals surface area contributed by atoms with E-state index in [1.54, 1.807) is 0 Å². The molecule has 0 bridgehead atoms. The quantitative estimate of drug-likeness (QED) is 0.532. The lowest BCUT2D eigenvalue weighted by Crippen LogP contribution is -2.24. The van der Waals surface area contributed by atoms with E-state index in [1.807, 2.05) is 0 Å². The minimum absolute atomic E-state index is 0.562. The van der Waals surface area contributed by atoms with E-state index in [1.165, 1.54) is 65.4 Å². The van der Waals surface area contributed by atoms with Crippen LogP contribution in [0.4, 0.5) is 5.95 Å². The molecule has 3 heteroatoms. The second-order valence-electron chi connectivity index (χ2n) is 8.51. The average molecular weight is 376 g/mol. The highest BCUT2D eigenvalue weighted by molar-refractivity contribution is 5.95. The van der Waals surface area contributed by atoms with E-state index in [0.29, 0.717) is 6.04 Å². The minimum atomic E-state index is 0.562. The molecule has 148 valence electrons. The van der Waals surface area contributed by atoms with Gasteiger partial charge in [-0.1, -0.05) is 56.0 Å². The van der Waals surface area contributed by atoms with Crippen LogP contribution in [0.25, 0.3) is 22.2 Å². The first kappa shape index (κ1) is 19.0. The number of nitrogens with zero attached hydrogens (tertiary/aromatic N) is 2. The van der Waals surface area contributed by atoms with E-state index < -0.39 is 0 Å². The molecule has 1 aliphatic rings. The van der Waals surface area contributed by atoms with E-state index in [-0.39, 0.29) is 0 Å². The second-order valence-corrected chi connectivity index (χ2v) is 8.51. The number of aromatic nitrogens is 2. The molecule has 1 fully saturated rings. The zero-order chi connectivity index (χ0) is 19.7. The summed E-state index contributed by atoms with van der Waals surface area (Å²) in [5.74, 6) is 1.05. The lowest BCUT2D eigenvalue weighted by Gasteiger charge is -2.23. The first-order valence-corrected chi connectivity index (χ1v) is 10.9. The first-order chi connectivity index (χ1) is 13.6. The number of imidazole rings is 1. The Balaban J connectivity index is 1.84. The van der Waals surface area contributed by atoms with Gasteiger partial charge in [-0.05, 0) is 62.8 Å². The van der Waals surface area contributed by atoms with Gasteiger partial charge in [0.1, 0.15) is 0 Å². The fourth-order valence-corrected chi connectivity index (χ4v) is 4.94. The van der Waals surface area contributed by atoms with Crippen LogP contribution in [0.15, 0.2) is 30.3 Å². The Morgan fingerprint density at radius 2 is 1.75 bits per heavy atom. The van der Waals surface area contributed by atoms with Crippen molar-refractivity contribution in [3.63, 3.8) is 0 Å². The van der Waals surface area contributed by atoms with E-state index in [4.69, 9.17) is 4.98 Å². The largest absolute Gasteiger partial charge is 0.353 e. The molecular formula is C25H33N3. The molecule has 4 rings (SSSR count). The Kier molecular flexibility index (Phi) is 5.43. The summed E-state index contributed by atoms with van der Waals surface area (Å²) in [6.45, 7) is 9.86. The Labute approximate surface area is 169 Å². The molecule has 0 aliphatic heterocycles. The Bertz CT molecular complexity index is 954. The van der Waals surface area contributed by atoms with Gasteiger partial charge in [0.05, 0.1) is 11.0 Å². The molecular weight excluding hydrogens is 342 g/mol. The monoisotopic (exact) mass is 375 g/mol. The zero-order valence-corrected chi connectivity index (χ0v) is 17.8. The summed E-state index contributed by atoms with van der Waals surface area (Å²) in [4.78, 5) is 5.16. The van der Waals surface area contributed by atoms with Crippen LogP contribution in [-0.4, -0.2) is 15.6 Å². The molecule has 0 spiro atoms. The Hall–Kier alpha value is -2.29. The van der Waals surface area contributed by atoms with Crippen LogP contribution >= 0.6 is 0 Å². The molecule has 3 aromatic rings. The molecule has 0 radical (unpaired) electrons. The molecule has 0 amide bonds. The number of nitrogens with one attached hydrogen (secondary N) is 1. The number of fused-ring (bicyclic) bond motifs is 1. The Morgan fingerprint density at radius 3 is 2.43 bits per heavy atom. The van der Waals surface area contributed by atoms with Gasteiger partial charge in [-0.15, -0.1) is 0 Å². The molecule has 0 unspecified atom stereocenters. The van der Waals surface area contributed by atoms with Crippen molar-refractivity contribution in [2.75, 3.05) is 5.32 Å². The van der Waals surface area contributed by atoms with Gasteiger partial charge < -0.3 is 9.88 Å². The van der Waals surface area contributed by atoms with E-state index in [2.05, 4.69) is 67.9 Å². The van der Waals surface area contributed by atoms with Crippen LogP contribution < -0.4 is 5.32 Å². The molecule has 2 aromatic carbocycles. The van der Waals surface area contributed by atoms with Crippen molar-refractivity contribution < 1.29 is 0 Å². The maximum Gasteiger partial charge on any atom is 0.204 e. The lowest BCUT2D eigenvalue weighted by molar-refractivity contribution is 0.459. The van der Waals surface area contributed by atoms with Crippen LogP contribution in [0.2, 0.25) is 0 Å². The summed E-state index contributed by atoms with van der Waals surface area (Å²) in [6.07, 6.45) is 7.67. The van der Waals surface area contributed by atoms with Gasteiger partial charge in [0.2, 0.25) is 5.95 Å². The molecule has 1 N–H and O–H groups in total. The fourth-order valence-electron chi connectivity index (χ4n) is 4.94. The van der Waals surface area contributed by atoms with Crippen molar-refractivity contribution in [2.24, 2.45) is 0 Å². The van der Waals surface area contributed by atoms with Crippen molar-refractivity contribution in [3.05, 3.63) is 47.0 Å². The van der Waals surface area contributed by atoms with Crippen LogP contribution in [0.3, 0.4) is 0 Å². The summed E-state index contributed by atoms with van der Waals surface area (Å²) in [5, 5.41) is 3.79. The summed E-state index contributed by atoms with van der Waals surface area (Å²) in [6, 6.07) is 11.8. The van der Waals surface area contributed by atoms with Gasteiger partial charge >= 0.3 is 0 Å². The molecule has 1 heterocycles. The summed E-state index contributed by atoms with van der Waals surface area (Å²) >= 11 is 0. The van der Waals surface area contributed by atoms with Gasteiger partial charge in [-0.3, -0.25) is 0 Å². The fraction of sp³-hybridized carbons (Fsp3) is 0.480. The summed E-state index contributed by atoms with van der Waals surface area (Å²) < 4.78 is 2.40. The molecule has 1 aromatic heterocycles. The number of benzene rings is 2. The van der Waals surface area contributed by atoms with Gasteiger partial charge in [0.25, 0.3) is 0 Å². The predicted octanol–water partition coefficient (Wildman–Crippen LogP) is 6.78. The zero-order valence-electron chi connectivity index (χ0n) is 17.8. The van der Waals surface area contributed by atoms with Gasteiger partial charge in [0.15, 0.2) is 0 Å². The van der Waals surface area contributed by atoms with Crippen molar-refractivity contribution in [3.8, 4) is 11.1 Å². The number of rotatable bonds is 5. The molecule has 3 nitrogen and oxygen atoms in total. The van der Waals surface area contributed by atoms with Crippen molar-refractivity contribution in [1.29, 1.82) is 0 Å². The molecule has 0 atom stereocenters. The highest BCUT2D eigenvalue weighted by Gasteiger charge is 2.20. The SMILES string of the molecule is CCCn1c(NC2CCCCC2)nc2c(-c3c(C)cc(C)cc3C)cccc21. The predicted molar refractivity (Wildman–Crippen MR) is 120 cm³/mol. The normalized spacial score (nSPS) is 15.3. The molecule has 0 saturated heterocycles. The van der Waals surface area contributed by atoms with E-state index in [0.717, 1.165) is 24.4 Å². The maximum absolute atomic E-state index is 5.16. The van der Waals surface area contributed by atoms with E-state index in [9.17, 15) is 0 Å². The van der Waals surface area contributed by atoms with Crippen LogP contribution in [0, 0.1) is 20.8 Å². The third kappa shape index (κ3) is 3.55. The number of aryl methyl sites for hydroxylation is 4. The first-order valence-electron chi connectivity index (χ1n) is 10.9. The third-order valence-corrected chi connectivity index (χ3v) is 6.11. The van der Waals surface area contributed by atoms with Gasteiger partial charge in [0, 0.05) is 18.2 Å².